The summed E-state index contributed by atoms with van der Waals surface area (Å²) in [5.74, 6) is 0.430. The summed E-state index contributed by atoms with van der Waals surface area (Å²) >= 11 is 3.17. The Morgan fingerprint density at radius 3 is 3.17 bits per heavy atom. The van der Waals surface area contributed by atoms with Gasteiger partial charge >= 0.3 is 0 Å². The zero-order valence-corrected chi connectivity index (χ0v) is 14.7. The monoisotopic (exact) mass is 348 g/mol. The van der Waals surface area contributed by atoms with E-state index in [1.54, 1.807) is 23.6 Å². The second-order valence-electron chi connectivity index (χ2n) is 5.54. The number of carbonyl (C=O) groups excluding carboxylic acids is 1. The Morgan fingerprint density at radius 1 is 1.48 bits per heavy atom. The molecule has 0 spiro atoms. The van der Waals surface area contributed by atoms with Gasteiger partial charge < -0.3 is 10.2 Å². The van der Waals surface area contributed by atoms with E-state index in [0.29, 0.717) is 18.0 Å². The number of pyridine rings is 1. The van der Waals surface area contributed by atoms with Gasteiger partial charge in [0.15, 0.2) is 5.13 Å². The topological polar surface area (TPSA) is 58.1 Å². The Hall–Kier alpha value is -1.60. The number of thioether (sulfide) groups is 1. The van der Waals surface area contributed by atoms with E-state index in [4.69, 9.17) is 0 Å². The molecule has 1 aliphatic rings. The van der Waals surface area contributed by atoms with Crippen LogP contribution in [0.2, 0.25) is 0 Å². The molecule has 0 radical (unpaired) electrons. The number of anilines is 1. The first-order valence-corrected chi connectivity index (χ1v) is 9.80. The van der Waals surface area contributed by atoms with Crippen LogP contribution in [0.15, 0.2) is 34.9 Å². The molecule has 0 saturated carbocycles. The number of hydrogen-bond acceptors (Lipinski definition) is 6. The summed E-state index contributed by atoms with van der Waals surface area (Å²) in [6.45, 7) is 2.71. The van der Waals surface area contributed by atoms with Crippen molar-refractivity contribution in [2.75, 3.05) is 30.8 Å². The van der Waals surface area contributed by atoms with E-state index in [2.05, 4.69) is 20.2 Å². The largest absolute Gasteiger partial charge is 0.352 e. The Kier molecular flexibility index (Phi) is 5.51. The first-order chi connectivity index (χ1) is 11.3. The van der Waals surface area contributed by atoms with Crippen molar-refractivity contribution in [3.63, 3.8) is 0 Å². The summed E-state index contributed by atoms with van der Waals surface area (Å²) in [6, 6.07) is 3.64. The molecule has 1 amide bonds. The maximum atomic E-state index is 12.4. The third kappa shape index (κ3) is 4.03. The van der Waals surface area contributed by atoms with Gasteiger partial charge in [-0.25, -0.2) is 9.97 Å². The average Bonchev–Trinajstić information content (AvgIpc) is 3.14. The molecule has 7 heteroatoms. The SMILES string of the molecule is CSc1ncccc1C(=O)NC[C@H]1CCCN(c2nccs2)C1. The van der Waals surface area contributed by atoms with Gasteiger partial charge in [-0.3, -0.25) is 4.79 Å². The van der Waals surface area contributed by atoms with Crippen molar-refractivity contribution in [3.8, 4) is 0 Å². The van der Waals surface area contributed by atoms with Crippen LogP contribution in [0.1, 0.15) is 23.2 Å². The van der Waals surface area contributed by atoms with E-state index in [-0.39, 0.29) is 5.91 Å². The van der Waals surface area contributed by atoms with Gasteiger partial charge in [0, 0.05) is 37.4 Å². The number of nitrogens with zero attached hydrogens (tertiary/aromatic N) is 3. The number of hydrogen-bond donors (Lipinski definition) is 1. The number of piperidine rings is 1. The quantitative estimate of drug-likeness (QED) is 0.842. The highest BCUT2D eigenvalue weighted by Gasteiger charge is 2.22. The van der Waals surface area contributed by atoms with Crippen LogP contribution in [0, 0.1) is 5.92 Å². The first kappa shape index (κ1) is 16.3. The molecular weight excluding hydrogens is 328 g/mol. The molecule has 3 rings (SSSR count). The molecule has 1 saturated heterocycles. The van der Waals surface area contributed by atoms with Crippen LogP contribution in [-0.2, 0) is 0 Å². The van der Waals surface area contributed by atoms with Crippen molar-refractivity contribution in [2.45, 2.75) is 17.9 Å². The number of thiazole rings is 1. The molecule has 0 unspecified atom stereocenters. The summed E-state index contributed by atoms with van der Waals surface area (Å²) in [4.78, 5) is 23.3. The number of carbonyl (C=O) groups is 1. The van der Waals surface area contributed by atoms with Crippen molar-refractivity contribution in [1.82, 2.24) is 15.3 Å². The van der Waals surface area contributed by atoms with Crippen LogP contribution in [-0.4, -0.2) is 41.8 Å². The molecule has 1 N–H and O–H groups in total. The van der Waals surface area contributed by atoms with E-state index in [9.17, 15) is 4.79 Å². The maximum Gasteiger partial charge on any atom is 0.254 e. The van der Waals surface area contributed by atoms with Gasteiger partial charge in [0.1, 0.15) is 5.03 Å². The predicted octanol–water partition coefficient (Wildman–Crippen LogP) is 2.91. The molecule has 1 fully saturated rings. The molecule has 23 heavy (non-hydrogen) atoms. The lowest BCUT2D eigenvalue weighted by atomic mass is 9.98. The van der Waals surface area contributed by atoms with Crippen LogP contribution in [0.4, 0.5) is 5.13 Å². The van der Waals surface area contributed by atoms with Crippen LogP contribution in [0.3, 0.4) is 0 Å². The van der Waals surface area contributed by atoms with Crippen molar-refractivity contribution in [2.24, 2.45) is 5.92 Å². The van der Waals surface area contributed by atoms with Crippen LogP contribution < -0.4 is 10.2 Å². The average molecular weight is 348 g/mol. The lowest BCUT2D eigenvalue weighted by Crippen LogP contribution is -2.41. The minimum Gasteiger partial charge on any atom is -0.352 e. The molecule has 1 aliphatic heterocycles. The molecule has 0 aromatic carbocycles. The first-order valence-electron chi connectivity index (χ1n) is 7.69. The van der Waals surface area contributed by atoms with Gasteiger partial charge in [0.05, 0.1) is 5.56 Å². The smallest absolute Gasteiger partial charge is 0.254 e. The molecule has 3 heterocycles. The minimum atomic E-state index is -0.0335. The normalized spacial score (nSPS) is 18.0. The molecule has 2 aromatic rings. The number of amides is 1. The molecule has 0 bridgehead atoms. The van der Waals surface area contributed by atoms with Crippen LogP contribution in [0.25, 0.3) is 0 Å². The highest BCUT2D eigenvalue weighted by atomic mass is 32.2. The van der Waals surface area contributed by atoms with Crippen LogP contribution in [0.5, 0.6) is 0 Å². The molecule has 2 aromatic heterocycles. The fraction of sp³-hybridized carbons (Fsp3) is 0.438. The third-order valence-electron chi connectivity index (χ3n) is 3.97. The molecule has 0 aliphatic carbocycles. The van der Waals surface area contributed by atoms with E-state index in [1.807, 2.05) is 23.9 Å². The van der Waals surface area contributed by atoms with Gasteiger partial charge in [0.2, 0.25) is 0 Å². The summed E-state index contributed by atoms with van der Waals surface area (Å²) in [5, 5.41) is 6.94. The lowest BCUT2D eigenvalue weighted by Gasteiger charge is -2.32. The Morgan fingerprint density at radius 2 is 2.39 bits per heavy atom. The van der Waals surface area contributed by atoms with Gasteiger partial charge in [-0.1, -0.05) is 0 Å². The van der Waals surface area contributed by atoms with E-state index < -0.39 is 0 Å². The van der Waals surface area contributed by atoms with E-state index in [1.165, 1.54) is 11.8 Å². The second kappa shape index (κ2) is 7.79. The van der Waals surface area contributed by atoms with Crippen molar-refractivity contribution in [3.05, 3.63) is 35.5 Å². The number of nitrogens with one attached hydrogen (secondary N) is 1. The van der Waals surface area contributed by atoms with Crippen molar-refractivity contribution in [1.29, 1.82) is 0 Å². The summed E-state index contributed by atoms with van der Waals surface area (Å²) in [5.41, 5.74) is 0.660. The zero-order chi connectivity index (χ0) is 16.1. The van der Waals surface area contributed by atoms with Gasteiger partial charge in [-0.05, 0) is 37.1 Å². The minimum absolute atomic E-state index is 0.0335. The second-order valence-corrected chi connectivity index (χ2v) is 7.21. The Labute approximate surface area is 144 Å². The Bertz CT molecular complexity index is 647. The summed E-state index contributed by atoms with van der Waals surface area (Å²) < 4.78 is 0. The van der Waals surface area contributed by atoms with E-state index in [0.717, 1.165) is 36.1 Å². The van der Waals surface area contributed by atoms with E-state index >= 15 is 0 Å². The van der Waals surface area contributed by atoms with Gasteiger partial charge in [0.25, 0.3) is 5.91 Å². The number of rotatable bonds is 5. The zero-order valence-electron chi connectivity index (χ0n) is 13.1. The fourth-order valence-electron chi connectivity index (χ4n) is 2.84. The molecule has 122 valence electrons. The van der Waals surface area contributed by atoms with Gasteiger partial charge in [-0.2, -0.15) is 0 Å². The van der Waals surface area contributed by atoms with Gasteiger partial charge in [-0.15, -0.1) is 23.1 Å². The summed E-state index contributed by atoms with van der Waals surface area (Å²) in [6.07, 6.45) is 7.78. The number of aromatic nitrogens is 2. The highest BCUT2D eigenvalue weighted by Crippen LogP contribution is 2.24. The van der Waals surface area contributed by atoms with Crippen molar-refractivity contribution < 1.29 is 4.79 Å². The third-order valence-corrected chi connectivity index (χ3v) is 5.51. The highest BCUT2D eigenvalue weighted by molar-refractivity contribution is 7.98. The molecule has 1 atom stereocenters. The predicted molar refractivity (Wildman–Crippen MR) is 95.4 cm³/mol. The Balaban J connectivity index is 1.56. The molecular formula is C16H20N4OS2. The maximum absolute atomic E-state index is 12.4. The molecule has 5 nitrogen and oxygen atoms in total. The standard InChI is InChI=1S/C16H20N4OS2/c1-22-15-13(5-2-6-17-15)14(21)19-10-12-4-3-8-20(11-12)16-18-7-9-23-16/h2,5-7,9,12H,3-4,8,10-11H2,1H3,(H,19,21)/t12-/m1/s1. The lowest BCUT2D eigenvalue weighted by molar-refractivity contribution is 0.0942. The fourth-order valence-corrected chi connectivity index (χ4v) is 4.06. The van der Waals surface area contributed by atoms with Crippen molar-refractivity contribution >= 4 is 34.1 Å². The van der Waals surface area contributed by atoms with Crippen LogP contribution >= 0.6 is 23.1 Å². The summed E-state index contributed by atoms with van der Waals surface area (Å²) in [7, 11) is 0.